The van der Waals surface area contributed by atoms with Crippen LogP contribution in [0, 0.1) is 0 Å². The lowest BCUT2D eigenvalue weighted by atomic mass is 10.0. The van der Waals surface area contributed by atoms with Gasteiger partial charge in [-0.1, -0.05) is 62.2 Å². The van der Waals surface area contributed by atoms with Crippen molar-refractivity contribution >= 4 is 37.6 Å². The van der Waals surface area contributed by atoms with E-state index in [1.54, 1.807) is 0 Å². The van der Waals surface area contributed by atoms with Crippen molar-refractivity contribution in [3.63, 3.8) is 0 Å². The highest BCUT2D eigenvalue weighted by Gasteiger charge is 2.09. The molecule has 0 aliphatic carbocycles. The van der Waals surface area contributed by atoms with Crippen LogP contribution in [0.4, 0.5) is 0 Å². The van der Waals surface area contributed by atoms with Gasteiger partial charge in [-0.15, -0.1) is 0 Å². The van der Waals surface area contributed by atoms with E-state index >= 15 is 0 Å². The molecule has 86 valence electrons. The van der Waals surface area contributed by atoms with Crippen molar-refractivity contribution in [2.75, 3.05) is 0 Å². The van der Waals surface area contributed by atoms with E-state index in [0.29, 0.717) is 6.42 Å². The summed E-state index contributed by atoms with van der Waals surface area (Å²) < 4.78 is 1.90. The second-order valence-electron chi connectivity index (χ2n) is 3.70. The van der Waals surface area contributed by atoms with E-state index in [9.17, 15) is 4.79 Å². The van der Waals surface area contributed by atoms with Crippen LogP contribution in [0.15, 0.2) is 57.5 Å². The zero-order chi connectivity index (χ0) is 12.3. The fourth-order valence-corrected chi connectivity index (χ4v) is 2.40. The number of halogens is 2. The third kappa shape index (κ3) is 3.27. The number of ketones is 1. The molecule has 0 aliphatic rings. The normalized spacial score (nSPS) is 10.2. The van der Waals surface area contributed by atoms with Crippen LogP contribution in [0.3, 0.4) is 0 Å². The summed E-state index contributed by atoms with van der Waals surface area (Å²) in [6, 6.07) is 15.3. The summed E-state index contributed by atoms with van der Waals surface area (Å²) in [5.41, 5.74) is 1.74. The first-order valence-corrected chi connectivity index (χ1v) is 6.77. The maximum absolute atomic E-state index is 12.1. The molecule has 0 amide bonds. The number of carbonyl (C=O) groups is 1. The van der Waals surface area contributed by atoms with Crippen molar-refractivity contribution in [3.05, 3.63) is 68.6 Å². The van der Waals surface area contributed by atoms with E-state index in [-0.39, 0.29) is 5.78 Å². The van der Waals surface area contributed by atoms with Gasteiger partial charge in [-0.3, -0.25) is 4.79 Å². The molecule has 0 radical (unpaired) electrons. The number of Topliss-reactive ketones (excluding diaryl/α,β-unsaturated/α-hetero) is 1. The molecule has 1 nitrogen and oxygen atoms in total. The summed E-state index contributed by atoms with van der Waals surface area (Å²) in [6.07, 6.45) is 0.415. The Morgan fingerprint density at radius 2 is 1.76 bits per heavy atom. The molecule has 0 N–H and O–H groups in total. The molecule has 17 heavy (non-hydrogen) atoms. The Balaban J connectivity index is 2.20. The SMILES string of the molecule is O=C(Cc1ccccc1Br)c1cccc(Br)c1. The molecule has 0 aliphatic heterocycles. The molecule has 0 aromatic heterocycles. The first-order chi connectivity index (χ1) is 8.16. The average Bonchev–Trinajstić information content (AvgIpc) is 2.32. The minimum absolute atomic E-state index is 0.123. The molecule has 3 heteroatoms. The summed E-state index contributed by atoms with van der Waals surface area (Å²) >= 11 is 6.82. The summed E-state index contributed by atoms with van der Waals surface area (Å²) in [7, 11) is 0. The standard InChI is InChI=1S/C14H10Br2O/c15-12-6-3-5-11(8-12)14(17)9-10-4-1-2-7-13(10)16/h1-8H,9H2. The predicted molar refractivity (Wildman–Crippen MR) is 76.3 cm³/mol. The smallest absolute Gasteiger partial charge is 0.167 e. The highest BCUT2D eigenvalue weighted by molar-refractivity contribution is 9.10. The van der Waals surface area contributed by atoms with Crippen molar-refractivity contribution in [2.45, 2.75) is 6.42 Å². The Morgan fingerprint density at radius 3 is 2.47 bits per heavy atom. The van der Waals surface area contributed by atoms with Crippen molar-refractivity contribution in [3.8, 4) is 0 Å². The van der Waals surface area contributed by atoms with Crippen molar-refractivity contribution < 1.29 is 4.79 Å². The lowest BCUT2D eigenvalue weighted by molar-refractivity contribution is 0.0992. The Morgan fingerprint density at radius 1 is 1.00 bits per heavy atom. The van der Waals surface area contributed by atoms with Crippen LogP contribution >= 0.6 is 31.9 Å². The fraction of sp³-hybridized carbons (Fsp3) is 0.0714. The molecule has 0 fully saturated rings. The maximum atomic E-state index is 12.1. The Kier molecular flexibility index (Phi) is 4.13. The summed E-state index contributed by atoms with van der Waals surface area (Å²) in [5.74, 6) is 0.123. The van der Waals surface area contributed by atoms with E-state index in [0.717, 1.165) is 20.1 Å². The highest BCUT2D eigenvalue weighted by Crippen LogP contribution is 2.19. The maximum Gasteiger partial charge on any atom is 0.167 e. The highest BCUT2D eigenvalue weighted by atomic mass is 79.9. The average molecular weight is 354 g/mol. The topological polar surface area (TPSA) is 17.1 Å². The van der Waals surface area contributed by atoms with Crippen LogP contribution in [0.2, 0.25) is 0 Å². The van der Waals surface area contributed by atoms with Gasteiger partial charge < -0.3 is 0 Å². The lowest BCUT2D eigenvalue weighted by Gasteiger charge is -2.04. The molecule has 0 atom stereocenters. The van der Waals surface area contributed by atoms with Gasteiger partial charge in [-0.25, -0.2) is 0 Å². The van der Waals surface area contributed by atoms with Crippen LogP contribution in [-0.2, 0) is 6.42 Å². The number of rotatable bonds is 3. The third-order valence-corrected chi connectivity index (χ3v) is 3.72. The van der Waals surface area contributed by atoms with Crippen molar-refractivity contribution in [1.29, 1.82) is 0 Å². The van der Waals surface area contributed by atoms with Crippen molar-refractivity contribution in [1.82, 2.24) is 0 Å². The molecule has 0 bridgehead atoms. The largest absolute Gasteiger partial charge is 0.294 e. The van der Waals surface area contributed by atoms with Gasteiger partial charge in [-0.05, 0) is 23.8 Å². The van der Waals surface area contributed by atoms with E-state index < -0.39 is 0 Å². The lowest BCUT2D eigenvalue weighted by Crippen LogP contribution is -2.03. The van der Waals surface area contributed by atoms with Gasteiger partial charge in [0.25, 0.3) is 0 Å². The van der Waals surface area contributed by atoms with Crippen LogP contribution in [0.25, 0.3) is 0 Å². The van der Waals surface area contributed by atoms with Gasteiger partial charge in [0.1, 0.15) is 0 Å². The van der Waals surface area contributed by atoms with Gasteiger partial charge in [-0.2, -0.15) is 0 Å². The quantitative estimate of drug-likeness (QED) is 0.735. The number of hydrogen-bond acceptors (Lipinski definition) is 1. The van der Waals surface area contributed by atoms with Crippen LogP contribution < -0.4 is 0 Å². The van der Waals surface area contributed by atoms with E-state index in [1.807, 2.05) is 48.5 Å². The number of hydrogen-bond donors (Lipinski definition) is 0. The van der Waals surface area contributed by atoms with Crippen LogP contribution in [0.1, 0.15) is 15.9 Å². The van der Waals surface area contributed by atoms with E-state index in [2.05, 4.69) is 31.9 Å². The minimum atomic E-state index is 0.123. The number of carbonyl (C=O) groups excluding carboxylic acids is 1. The predicted octanol–water partition coefficient (Wildman–Crippen LogP) is 4.64. The summed E-state index contributed by atoms with van der Waals surface area (Å²) in [6.45, 7) is 0. The van der Waals surface area contributed by atoms with Crippen LogP contribution in [0.5, 0.6) is 0 Å². The van der Waals surface area contributed by atoms with Crippen LogP contribution in [-0.4, -0.2) is 5.78 Å². The van der Waals surface area contributed by atoms with E-state index in [4.69, 9.17) is 0 Å². The Bertz CT molecular complexity index is 549. The van der Waals surface area contributed by atoms with Gasteiger partial charge in [0.2, 0.25) is 0 Å². The second-order valence-corrected chi connectivity index (χ2v) is 5.47. The Labute approximate surface area is 117 Å². The molecule has 0 spiro atoms. The first kappa shape index (κ1) is 12.5. The van der Waals surface area contributed by atoms with Gasteiger partial charge in [0.05, 0.1) is 0 Å². The molecule has 0 saturated carbocycles. The molecule has 0 saturated heterocycles. The summed E-state index contributed by atoms with van der Waals surface area (Å²) in [4.78, 5) is 12.1. The number of benzene rings is 2. The van der Waals surface area contributed by atoms with Crippen molar-refractivity contribution in [2.24, 2.45) is 0 Å². The monoisotopic (exact) mass is 352 g/mol. The molecule has 2 rings (SSSR count). The summed E-state index contributed by atoms with van der Waals surface area (Å²) in [5, 5.41) is 0. The van der Waals surface area contributed by atoms with Gasteiger partial charge >= 0.3 is 0 Å². The fourth-order valence-electron chi connectivity index (χ4n) is 1.58. The molecular formula is C14H10Br2O. The Hall–Kier alpha value is -0.930. The minimum Gasteiger partial charge on any atom is -0.294 e. The molecule has 2 aromatic rings. The van der Waals surface area contributed by atoms with E-state index in [1.165, 1.54) is 0 Å². The first-order valence-electron chi connectivity index (χ1n) is 5.19. The second kappa shape index (κ2) is 5.61. The zero-order valence-corrected chi connectivity index (χ0v) is 12.2. The zero-order valence-electron chi connectivity index (χ0n) is 8.99. The molecule has 0 heterocycles. The molecule has 2 aromatic carbocycles. The molecule has 0 unspecified atom stereocenters. The molecular weight excluding hydrogens is 344 g/mol. The van der Waals surface area contributed by atoms with Gasteiger partial charge in [0, 0.05) is 20.9 Å². The third-order valence-electron chi connectivity index (χ3n) is 2.46. The van der Waals surface area contributed by atoms with Gasteiger partial charge in [0.15, 0.2) is 5.78 Å².